The minimum Gasteiger partial charge on any atom is -0.358 e. The van der Waals surface area contributed by atoms with Crippen LogP contribution in [0.3, 0.4) is 0 Å². The summed E-state index contributed by atoms with van der Waals surface area (Å²) in [6, 6.07) is 8.48. The smallest absolute Gasteiger partial charge is 0.243 e. The molecule has 0 saturated carbocycles. The fraction of sp³-hybridized carbons (Fsp3) is 0.417. The first-order valence-corrected chi connectivity index (χ1v) is 7.31. The predicted molar refractivity (Wildman–Crippen MR) is 70.2 cm³/mol. The van der Waals surface area contributed by atoms with E-state index in [1.807, 2.05) is 4.90 Å². The molecule has 1 aromatic rings. The van der Waals surface area contributed by atoms with Crippen LogP contribution in [0.15, 0.2) is 35.2 Å². The van der Waals surface area contributed by atoms with Crippen LogP contribution in [0.4, 0.5) is 0 Å². The van der Waals surface area contributed by atoms with E-state index < -0.39 is 10.0 Å². The molecule has 1 fully saturated rings. The second kappa shape index (κ2) is 5.07. The second-order valence-corrected chi connectivity index (χ2v) is 6.23. The zero-order chi connectivity index (χ0) is 13.2. The van der Waals surface area contributed by atoms with Crippen molar-refractivity contribution in [3.63, 3.8) is 0 Å². The summed E-state index contributed by atoms with van der Waals surface area (Å²) in [5.74, 6) is 0.492. The van der Waals surface area contributed by atoms with Gasteiger partial charge in [0.15, 0.2) is 0 Å². The fourth-order valence-electron chi connectivity index (χ4n) is 2.01. The first-order valence-electron chi connectivity index (χ1n) is 5.87. The standard InChI is InChI=1S/C12H17N3O2S/c1-11(13)14-7-9-15(10-8-14)18(16,17)12-5-3-2-4-6-12/h2-6,13H,7-10H2,1H3. The van der Waals surface area contributed by atoms with Crippen molar-refractivity contribution in [1.29, 1.82) is 5.41 Å². The predicted octanol–water partition coefficient (Wildman–Crippen LogP) is 0.990. The van der Waals surface area contributed by atoms with E-state index >= 15 is 0 Å². The quantitative estimate of drug-likeness (QED) is 0.642. The largest absolute Gasteiger partial charge is 0.358 e. The molecule has 0 amide bonds. The molecule has 1 saturated heterocycles. The monoisotopic (exact) mass is 267 g/mol. The number of benzene rings is 1. The maximum Gasteiger partial charge on any atom is 0.243 e. The van der Waals surface area contributed by atoms with Crippen LogP contribution in [0.25, 0.3) is 0 Å². The normalized spacial score (nSPS) is 17.7. The lowest BCUT2D eigenvalue weighted by molar-refractivity contribution is 0.264. The Hall–Kier alpha value is -1.40. The van der Waals surface area contributed by atoms with Gasteiger partial charge in [0.1, 0.15) is 0 Å². The minimum atomic E-state index is -3.37. The van der Waals surface area contributed by atoms with Crippen molar-refractivity contribution in [1.82, 2.24) is 9.21 Å². The van der Waals surface area contributed by atoms with Gasteiger partial charge in [0.2, 0.25) is 10.0 Å². The Morgan fingerprint density at radius 1 is 1.11 bits per heavy atom. The van der Waals surface area contributed by atoms with E-state index in [1.165, 1.54) is 4.31 Å². The molecule has 0 radical (unpaired) electrons. The van der Waals surface area contributed by atoms with Crippen molar-refractivity contribution in [2.45, 2.75) is 11.8 Å². The highest BCUT2D eigenvalue weighted by Gasteiger charge is 2.28. The van der Waals surface area contributed by atoms with Gasteiger partial charge in [0.05, 0.1) is 10.7 Å². The van der Waals surface area contributed by atoms with Gasteiger partial charge in [-0.3, -0.25) is 5.41 Å². The lowest BCUT2D eigenvalue weighted by atomic mass is 10.3. The van der Waals surface area contributed by atoms with E-state index in [-0.39, 0.29) is 0 Å². The Bertz CT molecular complexity index is 520. The Labute approximate surface area is 108 Å². The number of sulfonamides is 1. The number of rotatable bonds is 2. The highest BCUT2D eigenvalue weighted by Crippen LogP contribution is 2.17. The lowest BCUT2D eigenvalue weighted by Crippen LogP contribution is -2.49. The molecule has 98 valence electrons. The first kappa shape index (κ1) is 13.0. The summed E-state index contributed by atoms with van der Waals surface area (Å²) >= 11 is 0. The molecular weight excluding hydrogens is 250 g/mol. The van der Waals surface area contributed by atoms with Gasteiger partial charge in [-0.05, 0) is 19.1 Å². The average molecular weight is 267 g/mol. The molecule has 0 aliphatic carbocycles. The molecule has 0 aromatic heterocycles. The van der Waals surface area contributed by atoms with E-state index in [0.29, 0.717) is 36.9 Å². The lowest BCUT2D eigenvalue weighted by Gasteiger charge is -2.34. The molecule has 1 aliphatic rings. The third kappa shape index (κ3) is 2.54. The summed E-state index contributed by atoms with van der Waals surface area (Å²) in [6.45, 7) is 3.77. The van der Waals surface area contributed by atoms with E-state index in [4.69, 9.17) is 5.41 Å². The van der Waals surface area contributed by atoms with Gasteiger partial charge in [-0.25, -0.2) is 8.42 Å². The van der Waals surface area contributed by atoms with Crippen molar-refractivity contribution in [2.24, 2.45) is 0 Å². The zero-order valence-electron chi connectivity index (χ0n) is 10.3. The molecule has 2 rings (SSSR count). The van der Waals surface area contributed by atoms with Crippen LogP contribution in [0.2, 0.25) is 0 Å². The van der Waals surface area contributed by atoms with Gasteiger partial charge in [-0.2, -0.15) is 4.31 Å². The molecule has 0 atom stereocenters. The number of hydrogen-bond acceptors (Lipinski definition) is 3. The van der Waals surface area contributed by atoms with E-state index in [0.717, 1.165) is 0 Å². The fourth-order valence-corrected chi connectivity index (χ4v) is 3.45. The zero-order valence-corrected chi connectivity index (χ0v) is 11.2. The minimum absolute atomic E-state index is 0.338. The van der Waals surface area contributed by atoms with E-state index in [1.54, 1.807) is 37.3 Å². The van der Waals surface area contributed by atoms with Crippen LogP contribution >= 0.6 is 0 Å². The van der Waals surface area contributed by atoms with Crippen LogP contribution in [0.1, 0.15) is 6.92 Å². The number of amidine groups is 1. The van der Waals surface area contributed by atoms with Crippen LogP contribution < -0.4 is 0 Å². The molecule has 6 heteroatoms. The van der Waals surface area contributed by atoms with Gasteiger partial charge in [-0.1, -0.05) is 18.2 Å². The second-order valence-electron chi connectivity index (χ2n) is 4.29. The van der Waals surface area contributed by atoms with Gasteiger partial charge in [0.25, 0.3) is 0 Å². The summed E-state index contributed by atoms with van der Waals surface area (Å²) in [5, 5.41) is 7.53. The van der Waals surface area contributed by atoms with Crippen LogP contribution in [0.5, 0.6) is 0 Å². The van der Waals surface area contributed by atoms with Crippen molar-refractivity contribution in [3.05, 3.63) is 30.3 Å². The third-order valence-corrected chi connectivity index (χ3v) is 5.01. The SMILES string of the molecule is CC(=N)N1CCN(S(=O)(=O)c2ccccc2)CC1. The molecule has 18 heavy (non-hydrogen) atoms. The summed E-state index contributed by atoms with van der Waals surface area (Å²) in [6.07, 6.45) is 0. The van der Waals surface area contributed by atoms with Crippen molar-refractivity contribution >= 4 is 15.9 Å². The van der Waals surface area contributed by atoms with Crippen LogP contribution in [-0.4, -0.2) is 49.6 Å². The summed E-state index contributed by atoms with van der Waals surface area (Å²) < 4.78 is 26.1. The van der Waals surface area contributed by atoms with Gasteiger partial charge in [0, 0.05) is 26.2 Å². The molecule has 5 nitrogen and oxygen atoms in total. The Morgan fingerprint density at radius 3 is 2.17 bits per heavy atom. The van der Waals surface area contributed by atoms with Gasteiger partial charge >= 0.3 is 0 Å². The highest BCUT2D eigenvalue weighted by atomic mass is 32.2. The van der Waals surface area contributed by atoms with E-state index in [9.17, 15) is 8.42 Å². The summed E-state index contributed by atoms with van der Waals surface area (Å²) in [4.78, 5) is 2.22. The first-order chi connectivity index (χ1) is 8.51. The average Bonchev–Trinajstić information content (AvgIpc) is 2.40. The number of nitrogens with one attached hydrogen (secondary N) is 1. The maximum atomic E-state index is 12.3. The summed E-state index contributed by atoms with van der Waals surface area (Å²) in [5.41, 5.74) is 0. The molecule has 1 aliphatic heterocycles. The Morgan fingerprint density at radius 2 is 1.67 bits per heavy atom. The van der Waals surface area contributed by atoms with Crippen LogP contribution in [0, 0.1) is 5.41 Å². The molecule has 1 heterocycles. The van der Waals surface area contributed by atoms with Gasteiger partial charge < -0.3 is 4.90 Å². The molecule has 0 unspecified atom stereocenters. The molecular formula is C12H17N3O2S. The van der Waals surface area contributed by atoms with Crippen molar-refractivity contribution in [2.75, 3.05) is 26.2 Å². The van der Waals surface area contributed by atoms with Crippen molar-refractivity contribution in [3.8, 4) is 0 Å². The Kier molecular flexibility index (Phi) is 3.68. The van der Waals surface area contributed by atoms with Crippen molar-refractivity contribution < 1.29 is 8.42 Å². The van der Waals surface area contributed by atoms with Gasteiger partial charge in [-0.15, -0.1) is 0 Å². The number of hydrogen-bond donors (Lipinski definition) is 1. The van der Waals surface area contributed by atoms with Crippen LogP contribution in [-0.2, 0) is 10.0 Å². The Balaban J connectivity index is 2.12. The molecule has 1 aromatic carbocycles. The highest BCUT2D eigenvalue weighted by molar-refractivity contribution is 7.89. The topological polar surface area (TPSA) is 64.5 Å². The molecule has 0 spiro atoms. The molecule has 1 N–H and O–H groups in total. The number of nitrogens with zero attached hydrogens (tertiary/aromatic N) is 2. The van der Waals surface area contributed by atoms with E-state index in [2.05, 4.69) is 0 Å². The third-order valence-electron chi connectivity index (χ3n) is 3.09. The molecule has 0 bridgehead atoms. The summed E-state index contributed by atoms with van der Waals surface area (Å²) in [7, 11) is -3.37. The maximum absolute atomic E-state index is 12.3. The number of piperazine rings is 1.